The van der Waals surface area contributed by atoms with Gasteiger partial charge in [-0.15, -0.1) is 11.3 Å². The minimum Gasteiger partial charge on any atom is -0.481 e. The zero-order valence-corrected chi connectivity index (χ0v) is 22.1. The van der Waals surface area contributed by atoms with Gasteiger partial charge in [-0.25, -0.2) is 4.98 Å². The molecule has 5 atom stereocenters. The summed E-state index contributed by atoms with van der Waals surface area (Å²) >= 11 is 2.48. The van der Waals surface area contributed by atoms with Gasteiger partial charge in [0, 0.05) is 25.0 Å². The van der Waals surface area contributed by atoms with Crippen LogP contribution >= 0.6 is 23.1 Å². The maximum atomic E-state index is 12.9. The largest absolute Gasteiger partial charge is 0.481 e. The van der Waals surface area contributed by atoms with Crippen molar-refractivity contribution in [2.45, 2.75) is 67.7 Å². The lowest BCUT2D eigenvalue weighted by atomic mass is 9.90. The highest BCUT2D eigenvalue weighted by atomic mass is 32.2. The van der Waals surface area contributed by atoms with Crippen LogP contribution in [0.5, 0.6) is 0 Å². The van der Waals surface area contributed by atoms with Crippen LogP contribution in [0.25, 0.3) is 10.2 Å². The summed E-state index contributed by atoms with van der Waals surface area (Å²) in [5, 5.41) is 42.4. The number of aliphatic hydroxyl groups is 2. The fourth-order valence-corrected chi connectivity index (χ4v) is 6.58. The molecule has 0 spiro atoms. The second-order valence-electron chi connectivity index (χ2n) is 9.11. The van der Waals surface area contributed by atoms with Gasteiger partial charge in [0.25, 0.3) is 0 Å². The fourth-order valence-electron chi connectivity index (χ4n) is 3.98. The molecule has 1 aromatic heterocycles. The average Bonchev–Trinajstić information content (AvgIpc) is 3.31. The predicted molar refractivity (Wildman–Crippen MR) is 143 cm³/mol. The first-order valence-electron chi connectivity index (χ1n) is 12.1. The number of carbonyl (C=O) groups excluding carboxylic acids is 2. The summed E-state index contributed by atoms with van der Waals surface area (Å²) in [5.41, 5.74) is 4.65. The number of carboxylic acids is 2. The summed E-state index contributed by atoms with van der Waals surface area (Å²) in [6.07, 6.45) is 1.30. The number of Topliss-reactive ketones (excluding diaryl/α,β-unsaturated/α-hetero) is 1. The summed E-state index contributed by atoms with van der Waals surface area (Å²) < 4.78 is 0.876. The highest BCUT2D eigenvalue weighted by Crippen LogP contribution is 2.42. The standard InChI is InChI=1S/C25H31N3O8S2/c26-15(23(34)35)8-9-21(31)27-17(18(30)5-3-7-22(32)33)13-37-20-12-14(29)10-11-25(20,36)24-28-16-4-1-2-6-19(16)38-24/h1-2,4,6,10-11,15,17,20-21,27,31,36H,3,5,7-9,12-13,26H2,(H,32,33)(H,34,35). The molecule has 0 fully saturated rings. The molecule has 5 unspecified atom stereocenters. The van der Waals surface area contributed by atoms with Crippen LogP contribution in [0.3, 0.4) is 0 Å². The number of nitrogens with zero attached hydrogens (tertiary/aromatic N) is 1. The molecule has 0 radical (unpaired) electrons. The van der Waals surface area contributed by atoms with Gasteiger partial charge in [0.05, 0.1) is 21.5 Å². The highest BCUT2D eigenvalue weighted by molar-refractivity contribution is 8.00. The van der Waals surface area contributed by atoms with E-state index >= 15 is 0 Å². The third-order valence-electron chi connectivity index (χ3n) is 6.17. The Labute approximate surface area is 227 Å². The molecule has 0 bridgehead atoms. The second-order valence-corrected chi connectivity index (χ2v) is 11.4. The lowest BCUT2D eigenvalue weighted by Crippen LogP contribution is -2.47. The van der Waals surface area contributed by atoms with Crippen molar-refractivity contribution < 1.29 is 39.6 Å². The van der Waals surface area contributed by atoms with E-state index in [9.17, 15) is 29.4 Å². The summed E-state index contributed by atoms with van der Waals surface area (Å²) in [4.78, 5) is 51.6. The van der Waals surface area contributed by atoms with E-state index in [1.54, 1.807) is 0 Å². The zero-order chi connectivity index (χ0) is 27.9. The number of nitrogens with two attached hydrogens (primary N) is 1. The number of benzene rings is 1. The van der Waals surface area contributed by atoms with Crippen molar-refractivity contribution in [3.8, 4) is 0 Å². The number of nitrogens with one attached hydrogen (secondary N) is 1. The van der Waals surface area contributed by atoms with E-state index in [0.29, 0.717) is 10.5 Å². The lowest BCUT2D eigenvalue weighted by molar-refractivity contribution is -0.139. The van der Waals surface area contributed by atoms with Gasteiger partial charge in [-0.1, -0.05) is 12.1 Å². The molecule has 1 aromatic carbocycles. The molecule has 206 valence electrons. The summed E-state index contributed by atoms with van der Waals surface area (Å²) in [5.74, 6) is -2.71. The number of hydrogen-bond donors (Lipinski definition) is 6. The maximum absolute atomic E-state index is 12.9. The summed E-state index contributed by atoms with van der Waals surface area (Å²) in [7, 11) is 0. The van der Waals surface area contributed by atoms with E-state index in [1.807, 2.05) is 24.3 Å². The average molecular weight is 566 g/mol. The number of thiazole rings is 1. The number of carboxylic acid groups (broad SMARTS) is 2. The van der Waals surface area contributed by atoms with Crippen LogP contribution in [-0.4, -0.2) is 78.2 Å². The van der Waals surface area contributed by atoms with Crippen LogP contribution in [0.15, 0.2) is 36.4 Å². The van der Waals surface area contributed by atoms with E-state index in [2.05, 4.69) is 10.3 Å². The molecular weight excluding hydrogens is 534 g/mol. The van der Waals surface area contributed by atoms with Gasteiger partial charge < -0.3 is 26.2 Å². The highest BCUT2D eigenvalue weighted by Gasteiger charge is 2.43. The molecular formula is C25H31N3O8S2. The van der Waals surface area contributed by atoms with Crippen molar-refractivity contribution in [2.24, 2.45) is 5.73 Å². The normalized spacial score (nSPS) is 21.8. The Morgan fingerprint density at radius 1 is 1.21 bits per heavy atom. The molecule has 13 heteroatoms. The molecule has 0 amide bonds. The summed E-state index contributed by atoms with van der Waals surface area (Å²) in [6.45, 7) is 0. The van der Waals surface area contributed by atoms with E-state index in [-0.39, 0.29) is 55.8 Å². The molecule has 38 heavy (non-hydrogen) atoms. The molecule has 0 saturated carbocycles. The first-order chi connectivity index (χ1) is 18.0. The topological polar surface area (TPSA) is 200 Å². The Hall–Kier alpha value is -2.68. The van der Waals surface area contributed by atoms with Crippen molar-refractivity contribution in [3.05, 3.63) is 41.4 Å². The second kappa shape index (κ2) is 13.4. The SMILES string of the molecule is NC(CCC(O)NC(CSC1CC(=O)C=CC1(O)c1nc2ccccc2s1)C(=O)CCCC(=O)O)C(=O)O. The molecule has 1 heterocycles. The number of rotatable bonds is 15. The monoisotopic (exact) mass is 565 g/mol. The van der Waals surface area contributed by atoms with Crippen molar-refractivity contribution in [3.63, 3.8) is 0 Å². The number of carbonyl (C=O) groups is 4. The Morgan fingerprint density at radius 2 is 1.95 bits per heavy atom. The molecule has 1 aliphatic rings. The maximum Gasteiger partial charge on any atom is 0.320 e. The van der Waals surface area contributed by atoms with E-state index in [1.165, 1.54) is 35.3 Å². The molecule has 11 nitrogen and oxygen atoms in total. The van der Waals surface area contributed by atoms with E-state index in [4.69, 9.17) is 15.9 Å². The van der Waals surface area contributed by atoms with E-state index in [0.717, 1.165) is 4.70 Å². The number of fused-ring (bicyclic) bond motifs is 1. The van der Waals surface area contributed by atoms with Crippen LogP contribution in [0.2, 0.25) is 0 Å². The zero-order valence-electron chi connectivity index (χ0n) is 20.5. The Kier molecular flexibility index (Phi) is 10.5. The molecule has 2 aromatic rings. The van der Waals surface area contributed by atoms with Crippen molar-refractivity contribution in [1.82, 2.24) is 10.3 Å². The molecule has 0 aliphatic heterocycles. The Bertz CT molecular complexity index is 1170. The number of aliphatic carboxylic acids is 2. The number of hydrogen-bond acceptors (Lipinski definition) is 11. The fraction of sp³-hybridized carbons (Fsp3) is 0.480. The van der Waals surface area contributed by atoms with Crippen molar-refractivity contribution >= 4 is 56.8 Å². The number of para-hydroxylation sites is 1. The quantitative estimate of drug-likeness (QED) is 0.170. The number of ketones is 2. The van der Waals surface area contributed by atoms with E-state index < -0.39 is 41.1 Å². The van der Waals surface area contributed by atoms with Gasteiger partial charge in [0.2, 0.25) is 0 Å². The number of aromatic nitrogens is 1. The summed E-state index contributed by atoms with van der Waals surface area (Å²) in [6, 6.07) is 5.30. The third kappa shape index (κ3) is 7.91. The van der Waals surface area contributed by atoms with Gasteiger partial charge in [-0.3, -0.25) is 24.5 Å². The van der Waals surface area contributed by atoms with Gasteiger partial charge in [-0.2, -0.15) is 11.8 Å². The van der Waals surface area contributed by atoms with Gasteiger partial charge in [-0.05, 0) is 43.5 Å². The Morgan fingerprint density at radius 3 is 2.63 bits per heavy atom. The predicted octanol–water partition coefficient (Wildman–Crippen LogP) is 1.41. The minimum absolute atomic E-state index is 0.00351. The molecule has 3 rings (SSSR count). The van der Waals surface area contributed by atoms with Gasteiger partial charge >= 0.3 is 11.9 Å². The molecule has 0 saturated heterocycles. The van der Waals surface area contributed by atoms with Crippen LogP contribution in [0.1, 0.15) is 43.5 Å². The Balaban J connectivity index is 1.75. The lowest BCUT2D eigenvalue weighted by Gasteiger charge is -2.34. The van der Waals surface area contributed by atoms with Gasteiger partial charge in [0.15, 0.2) is 11.6 Å². The van der Waals surface area contributed by atoms with Crippen LogP contribution in [0.4, 0.5) is 0 Å². The van der Waals surface area contributed by atoms with Crippen LogP contribution in [0, 0.1) is 0 Å². The smallest absolute Gasteiger partial charge is 0.320 e. The third-order valence-corrected chi connectivity index (χ3v) is 8.80. The minimum atomic E-state index is -1.56. The molecule has 7 N–H and O–H groups in total. The van der Waals surface area contributed by atoms with Crippen LogP contribution in [-0.2, 0) is 24.8 Å². The van der Waals surface area contributed by atoms with Crippen molar-refractivity contribution in [2.75, 3.05) is 5.75 Å². The number of thioether (sulfide) groups is 1. The first-order valence-corrected chi connectivity index (χ1v) is 13.9. The van der Waals surface area contributed by atoms with Gasteiger partial charge in [0.1, 0.15) is 22.9 Å². The first kappa shape index (κ1) is 29.9. The van der Waals surface area contributed by atoms with Crippen molar-refractivity contribution in [1.29, 1.82) is 0 Å². The number of aliphatic hydroxyl groups excluding tert-OH is 1. The molecule has 1 aliphatic carbocycles. The van der Waals surface area contributed by atoms with Crippen LogP contribution < -0.4 is 11.1 Å². The number of allylic oxidation sites excluding steroid dienone is 1.